The summed E-state index contributed by atoms with van der Waals surface area (Å²) in [4.78, 5) is 10.9. The Hall–Kier alpha value is -0.0900. The molecule has 1 heterocycles. The van der Waals surface area contributed by atoms with E-state index in [4.69, 9.17) is 11.6 Å². The first-order valence-electron chi connectivity index (χ1n) is 3.81. The van der Waals surface area contributed by atoms with Crippen molar-refractivity contribution in [2.24, 2.45) is 5.92 Å². The molecule has 12 heavy (non-hydrogen) atoms. The first-order valence-corrected chi connectivity index (χ1v) is 6.17. The lowest BCUT2D eigenvalue weighted by atomic mass is 10.0. The van der Waals surface area contributed by atoms with E-state index in [0.717, 1.165) is 0 Å². The van der Waals surface area contributed by atoms with Gasteiger partial charge in [0, 0.05) is 6.42 Å². The van der Waals surface area contributed by atoms with Gasteiger partial charge < -0.3 is 0 Å². The largest absolute Gasteiger partial charge is 0.298 e. The maximum atomic E-state index is 11.0. The number of alkyl halides is 1. The maximum Gasteiger partial charge on any atom is 0.150 e. The third-order valence-corrected chi connectivity index (χ3v) is 4.13. The number of carbonyl (C=O) groups excluding carboxylic acids is 1. The number of hydrogen-bond acceptors (Lipinski definition) is 3. The minimum absolute atomic E-state index is 0.00342. The Morgan fingerprint density at radius 2 is 2.17 bits per heavy atom. The molecule has 0 aromatic carbocycles. The van der Waals surface area contributed by atoms with E-state index in [1.54, 1.807) is 0 Å². The van der Waals surface area contributed by atoms with Gasteiger partial charge in [-0.15, -0.1) is 11.6 Å². The molecule has 1 atom stereocenters. The molecule has 3 nitrogen and oxygen atoms in total. The summed E-state index contributed by atoms with van der Waals surface area (Å²) in [5, 5.41) is 0. The van der Waals surface area contributed by atoms with E-state index in [1.807, 2.05) is 0 Å². The summed E-state index contributed by atoms with van der Waals surface area (Å²) < 4.78 is 21.9. The molecule has 0 aliphatic carbocycles. The predicted molar refractivity (Wildman–Crippen MR) is 47.1 cm³/mol. The average molecular weight is 211 g/mol. The highest BCUT2D eigenvalue weighted by molar-refractivity contribution is 7.91. The van der Waals surface area contributed by atoms with Crippen LogP contribution in [0.3, 0.4) is 0 Å². The summed E-state index contributed by atoms with van der Waals surface area (Å²) in [5.74, 6) is 0.347. The van der Waals surface area contributed by atoms with Gasteiger partial charge in [-0.3, -0.25) is 4.79 Å². The highest BCUT2D eigenvalue weighted by Crippen LogP contribution is 2.21. The first-order chi connectivity index (χ1) is 5.53. The molecule has 1 rings (SSSR count). The Morgan fingerprint density at radius 3 is 2.58 bits per heavy atom. The normalized spacial score (nSPS) is 27.2. The quantitative estimate of drug-likeness (QED) is 0.642. The molecule has 0 N–H and O–H groups in total. The number of rotatable bonds is 3. The molecule has 1 unspecified atom stereocenters. The van der Waals surface area contributed by atoms with Gasteiger partial charge in [0.15, 0.2) is 9.84 Å². The van der Waals surface area contributed by atoms with Crippen molar-refractivity contribution >= 4 is 27.2 Å². The third-order valence-electron chi connectivity index (χ3n) is 1.99. The molecule has 0 spiro atoms. The molecular weight excluding hydrogens is 200 g/mol. The van der Waals surface area contributed by atoms with Gasteiger partial charge in [0.1, 0.15) is 5.78 Å². The van der Waals surface area contributed by atoms with E-state index in [0.29, 0.717) is 12.8 Å². The number of Topliss-reactive ketones (excluding diaryl/α,β-unsaturated/α-hetero) is 1. The topological polar surface area (TPSA) is 51.2 Å². The Labute approximate surface area is 77.0 Å². The van der Waals surface area contributed by atoms with Crippen LogP contribution in [0.15, 0.2) is 0 Å². The molecule has 1 saturated heterocycles. The lowest BCUT2D eigenvalue weighted by Crippen LogP contribution is -2.11. The molecule has 0 aromatic heterocycles. The maximum absolute atomic E-state index is 11.0. The molecular formula is C7H11ClO3S. The van der Waals surface area contributed by atoms with Crippen molar-refractivity contribution in [1.29, 1.82) is 0 Å². The summed E-state index contributed by atoms with van der Waals surface area (Å²) >= 11 is 5.30. The number of hydrogen-bond donors (Lipinski definition) is 0. The Kier molecular flexibility index (Phi) is 3.12. The summed E-state index contributed by atoms with van der Waals surface area (Å²) in [7, 11) is -2.84. The van der Waals surface area contributed by atoms with Crippen LogP contribution in [0.25, 0.3) is 0 Å². The summed E-state index contributed by atoms with van der Waals surface area (Å²) in [6.45, 7) is 0. The van der Waals surface area contributed by atoms with Crippen LogP contribution >= 0.6 is 11.6 Å². The van der Waals surface area contributed by atoms with Gasteiger partial charge in [-0.2, -0.15) is 0 Å². The van der Waals surface area contributed by atoms with E-state index >= 15 is 0 Å². The second-order valence-corrected chi connectivity index (χ2v) is 5.64. The number of sulfone groups is 1. The fraction of sp³-hybridized carbons (Fsp3) is 0.857. The van der Waals surface area contributed by atoms with Crippen molar-refractivity contribution < 1.29 is 13.2 Å². The van der Waals surface area contributed by atoms with Crippen LogP contribution < -0.4 is 0 Å². The molecule has 1 aliphatic rings. The van der Waals surface area contributed by atoms with E-state index < -0.39 is 9.84 Å². The summed E-state index contributed by atoms with van der Waals surface area (Å²) in [6.07, 6.45) is 0.938. The lowest BCUT2D eigenvalue weighted by Gasteiger charge is -2.02. The minimum atomic E-state index is -2.84. The molecule has 0 amide bonds. The van der Waals surface area contributed by atoms with Crippen LogP contribution in [0.4, 0.5) is 0 Å². The van der Waals surface area contributed by atoms with Crippen molar-refractivity contribution in [3.63, 3.8) is 0 Å². The molecule has 0 radical (unpaired) electrons. The number of carbonyl (C=O) groups is 1. The van der Waals surface area contributed by atoms with E-state index in [2.05, 4.69) is 0 Å². The number of ketones is 1. The molecule has 0 saturated carbocycles. The fourth-order valence-corrected chi connectivity index (χ4v) is 3.38. The zero-order valence-corrected chi connectivity index (χ0v) is 8.20. The molecule has 1 fully saturated rings. The van der Waals surface area contributed by atoms with E-state index in [9.17, 15) is 13.2 Å². The fourth-order valence-electron chi connectivity index (χ4n) is 1.41. The SMILES string of the molecule is O=C(CCl)CC1CCS(=O)(=O)C1. The average Bonchev–Trinajstić information content (AvgIpc) is 2.30. The molecule has 5 heteroatoms. The van der Waals surface area contributed by atoms with Gasteiger partial charge in [0.25, 0.3) is 0 Å². The first kappa shape index (κ1) is 9.99. The second kappa shape index (κ2) is 3.75. The molecule has 1 aliphatic heterocycles. The van der Waals surface area contributed by atoms with Gasteiger partial charge in [-0.25, -0.2) is 8.42 Å². The van der Waals surface area contributed by atoms with Gasteiger partial charge in [-0.1, -0.05) is 0 Å². The van der Waals surface area contributed by atoms with Gasteiger partial charge in [-0.05, 0) is 12.3 Å². The van der Waals surface area contributed by atoms with Crippen molar-refractivity contribution in [3.05, 3.63) is 0 Å². The van der Waals surface area contributed by atoms with Crippen LogP contribution in [0.1, 0.15) is 12.8 Å². The molecule has 0 bridgehead atoms. The van der Waals surface area contributed by atoms with Gasteiger partial charge in [0.05, 0.1) is 17.4 Å². The standard InChI is InChI=1S/C7H11ClO3S/c8-4-7(9)3-6-1-2-12(10,11)5-6/h6H,1-5H2. The predicted octanol–water partition coefficient (Wildman–Crippen LogP) is 0.619. The van der Waals surface area contributed by atoms with Gasteiger partial charge >= 0.3 is 0 Å². The van der Waals surface area contributed by atoms with Crippen molar-refractivity contribution in [1.82, 2.24) is 0 Å². The van der Waals surface area contributed by atoms with Crippen LogP contribution in [-0.4, -0.2) is 31.6 Å². The van der Waals surface area contributed by atoms with Crippen molar-refractivity contribution in [2.45, 2.75) is 12.8 Å². The Balaban J connectivity index is 2.43. The monoisotopic (exact) mass is 210 g/mol. The summed E-state index contributed by atoms with van der Waals surface area (Å²) in [6, 6.07) is 0. The number of halogens is 1. The molecule has 0 aromatic rings. The highest BCUT2D eigenvalue weighted by atomic mass is 35.5. The zero-order chi connectivity index (χ0) is 9.19. The van der Waals surface area contributed by atoms with E-state index in [1.165, 1.54) is 0 Å². The van der Waals surface area contributed by atoms with Crippen LogP contribution in [0.2, 0.25) is 0 Å². The third kappa shape index (κ3) is 2.75. The molecule has 70 valence electrons. The Morgan fingerprint density at radius 1 is 1.50 bits per heavy atom. The zero-order valence-electron chi connectivity index (χ0n) is 6.62. The second-order valence-electron chi connectivity index (χ2n) is 3.15. The summed E-state index contributed by atoms with van der Waals surface area (Å²) in [5.41, 5.74) is 0. The van der Waals surface area contributed by atoms with Crippen LogP contribution in [0.5, 0.6) is 0 Å². The lowest BCUT2D eigenvalue weighted by molar-refractivity contribution is -0.117. The van der Waals surface area contributed by atoms with Gasteiger partial charge in [0.2, 0.25) is 0 Å². The highest BCUT2D eigenvalue weighted by Gasteiger charge is 2.28. The minimum Gasteiger partial charge on any atom is -0.298 e. The Bertz CT molecular complexity index is 270. The van der Waals surface area contributed by atoms with Crippen LogP contribution in [-0.2, 0) is 14.6 Å². The van der Waals surface area contributed by atoms with Crippen molar-refractivity contribution in [3.8, 4) is 0 Å². The van der Waals surface area contributed by atoms with E-state index in [-0.39, 0.29) is 29.1 Å². The van der Waals surface area contributed by atoms with Crippen LogP contribution in [0, 0.1) is 5.92 Å². The smallest absolute Gasteiger partial charge is 0.150 e. The van der Waals surface area contributed by atoms with Crippen molar-refractivity contribution in [2.75, 3.05) is 17.4 Å².